The number of nitrogens with two attached hydrogens (primary N) is 1. The SMILES string of the molecule is C=CC.CC(C)(N)Cc1nccc2c1C=CCC2. The fourth-order valence-electron chi connectivity index (χ4n) is 2.00. The molecule has 1 aliphatic rings. The van der Waals surface area contributed by atoms with Gasteiger partial charge in [-0.1, -0.05) is 18.2 Å². The summed E-state index contributed by atoms with van der Waals surface area (Å²) in [4.78, 5) is 4.45. The molecule has 18 heavy (non-hydrogen) atoms. The third kappa shape index (κ3) is 4.46. The third-order valence-corrected chi connectivity index (χ3v) is 2.65. The molecule has 0 spiro atoms. The van der Waals surface area contributed by atoms with E-state index >= 15 is 0 Å². The molecule has 0 bridgehead atoms. The summed E-state index contributed by atoms with van der Waals surface area (Å²) < 4.78 is 0. The lowest BCUT2D eigenvalue weighted by atomic mass is 9.91. The molecule has 2 nitrogen and oxygen atoms in total. The Morgan fingerprint density at radius 2 is 2.17 bits per heavy atom. The van der Waals surface area contributed by atoms with Crippen LogP contribution >= 0.6 is 0 Å². The molecule has 0 unspecified atom stereocenters. The van der Waals surface area contributed by atoms with E-state index in [2.05, 4.69) is 29.8 Å². The van der Waals surface area contributed by atoms with Crippen molar-refractivity contribution in [3.8, 4) is 0 Å². The van der Waals surface area contributed by atoms with Gasteiger partial charge in [0.25, 0.3) is 0 Å². The lowest BCUT2D eigenvalue weighted by Gasteiger charge is -2.21. The Hall–Kier alpha value is -1.41. The van der Waals surface area contributed by atoms with Crippen molar-refractivity contribution in [2.24, 2.45) is 5.73 Å². The van der Waals surface area contributed by atoms with Gasteiger partial charge in [0.1, 0.15) is 0 Å². The molecule has 1 aromatic heterocycles. The Kier molecular flexibility index (Phi) is 5.29. The predicted molar refractivity (Wildman–Crippen MR) is 79.4 cm³/mol. The number of aryl methyl sites for hydroxylation is 1. The Morgan fingerprint density at radius 1 is 1.50 bits per heavy atom. The molecule has 0 amide bonds. The van der Waals surface area contributed by atoms with E-state index in [1.807, 2.05) is 27.0 Å². The van der Waals surface area contributed by atoms with Crippen LogP contribution in [0, 0.1) is 0 Å². The molecule has 2 N–H and O–H groups in total. The zero-order valence-corrected chi connectivity index (χ0v) is 11.7. The molecule has 0 radical (unpaired) electrons. The lowest BCUT2D eigenvalue weighted by Crippen LogP contribution is -2.35. The molecule has 1 aliphatic carbocycles. The van der Waals surface area contributed by atoms with E-state index < -0.39 is 0 Å². The van der Waals surface area contributed by atoms with Gasteiger partial charge in [-0.2, -0.15) is 0 Å². The quantitative estimate of drug-likeness (QED) is 0.808. The van der Waals surface area contributed by atoms with Gasteiger partial charge in [-0.25, -0.2) is 0 Å². The molecule has 0 fully saturated rings. The Balaban J connectivity index is 0.000000492. The fraction of sp³-hybridized carbons (Fsp3) is 0.438. The van der Waals surface area contributed by atoms with Crippen LogP contribution in [-0.2, 0) is 12.8 Å². The van der Waals surface area contributed by atoms with E-state index in [-0.39, 0.29) is 5.54 Å². The van der Waals surface area contributed by atoms with Gasteiger partial charge in [-0.15, -0.1) is 6.58 Å². The molecule has 0 atom stereocenters. The van der Waals surface area contributed by atoms with Gasteiger partial charge in [-0.05, 0) is 50.8 Å². The van der Waals surface area contributed by atoms with Crippen molar-refractivity contribution in [2.45, 2.75) is 45.6 Å². The number of rotatable bonds is 2. The maximum Gasteiger partial charge on any atom is 0.0496 e. The summed E-state index contributed by atoms with van der Waals surface area (Å²) in [6.45, 7) is 9.33. The molecule has 2 rings (SSSR count). The van der Waals surface area contributed by atoms with E-state index in [0.29, 0.717) is 0 Å². The highest BCUT2D eigenvalue weighted by molar-refractivity contribution is 5.58. The highest BCUT2D eigenvalue weighted by Crippen LogP contribution is 2.23. The van der Waals surface area contributed by atoms with Crippen molar-refractivity contribution in [1.82, 2.24) is 4.98 Å². The number of nitrogens with zero attached hydrogens (tertiary/aromatic N) is 1. The second kappa shape index (κ2) is 6.50. The van der Waals surface area contributed by atoms with Crippen molar-refractivity contribution >= 4 is 6.08 Å². The molecule has 0 saturated carbocycles. The summed E-state index contributed by atoms with van der Waals surface area (Å²) in [5, 5.41) is 0. The smallest absolute Gasteiger partial charge is 0.0496 e. The lowest BCUT2D eigenvalue weighted by molar-refractivity contribution is 0.509. The second-order valence-corrected chi connectivity index (χ2v) is 5.35. The van der Waals surface area contributed by atoms with Gasteiger partial charge < -0.3 is 5.73 Å². The van der Waals surface area contributed by atoms with Crippen molar-refractivity contribution < 1.29 is 0 Å². The average Bonchev–Trinajstić information content (AvgIpc) is 2.29. The number of pyridine rings is 1. The van der Waals surface area contributed by atoms with Gasteiger partial charge in [0.15, 0.2) is 0 Å². The van der Waals surface area contributed by atoms with Crippen molar-refractivity contribution in [3.05, 3.63) is 47.8 Å². The summed E-state index contributed by atoms with van der Waals surface area (Å²) >= 11 is 0. The van der Waals surface area contributed by atoms with Crippen LogP contribution in [0.15, 0.2) is 31.0 Å². The normalized spacial score (nSPS) is 13.3. The summed E-state index contributed by atoms with van der Waals surface area (Å²) in [5.74, 6) is 0. The average molecular weight is 244 g/mol. The Bertz CT molecular complexity index is 425. The molecule has 0 aromatic carbocycles. The summed E-state index contributed by atoms with van der Waals surface area (Å²) in [5.41, 5.74) is 9.69. The van der Waals surface area contributed by atoms with E-state index in [0.717, 1.165) is 25.0 Å². The van der Waals surface area contributed by atoms with Crippen LogP contribution in [-0.4, -0.2) is 10.5 Å². The standard InChI is InChI=1S/C13H18N2.C3H6/c1-13(2,14)9-12-11-6-4-3-5-10(11)7-8-15-12;1-3-2/h4,6-8H,3,5,9,14H2,1-2H3;3H,1H2,2H3. The van der Waals surface area contributed by atoms with Gasteiger partial charge in [-0.3, -0.25) is 4.98 Å². The van der Waals surface area contributed by atoms with Crippen LogP contribution in [0.25, 0.3) is 6.08 Å². The number of hydrogen-bond acceptors (Lipinski definition) is 2. The van der Waals surface area contributed by atoms with Crippen molar-refractivity contribution in [3.63, 3.8) is 0 Å². The highest BCUT2D eigenvalue weighted by Gasteiger charge is 2.17. The molecular formula is C16H24N2. The van der Waals surface area contributed by atoms with Crippen LogP contribution in [0.3, 0.4) is 0 Å². The minimum absolute atomic E-state index is 0.187. The minimum atomic E-state index is -0.187. The first-order valence-electron chi connectivity index (χ1n) is 6.47. The first kappa shape index (κ1) is 14.7. The van der Waals surface area contributed by atoms with E-state index in [4.69, 9.17) is 5.73 Å². The van der Waals surface area contributed by atoms with Crippen LogP contribution < -0.4 is 5.73 Å². The summed E-state index contributed by atoms with van der Waals surface area (Å²) in [7, 11) is 0. The highest BCUT2D eigenvalue weighted by atomic mass is 14.7. The fourth-order valence-corrected chi connectivity index (χ4v) is 2.00. The minimum Gasteiger partial charge on any atom is -0.325 e. The monoisotopic (exact) mass is 244 g/mol. The summed E-state index contributed by atoms with van der Waals surface area (Å²) in [6.07, 6.45) is 11.2. The molecule has 1 heterocycles. The van der Waals surface area contributed by atoms with Crippen LogP contribution in [0.4, 0.5) is 0 Å². The van der Waals surface area contributed by atoms with Crippen LogP contribution in [0.5, 0.6) is 0 Å². The maximum absolute atomic E-state index is 6.04. The number of fused-ring (bicyclic) bond motifs is 1. The number of allylic oxidation sites excluding steroid dienone is 2. The van der Waals surface area contributed by atoms with Crippen molar-refractivity contribution in [1.29, 1.82) is 0 Å². The first-order chi connectivity index (χ1) is 8.48. The predicted octanol–water partition coefficient (Wildman–Crippen LogP) is 3.51. The van der Waals surface area contributed by atoms with Gasteiger partial charge in [0, 0.05) is 23.9 Å². The molecule has 98 valence electrons. The molecule has 0 aliphatic heterocycles. The molecular weight excluding hydrogens is 220 g/mol. The van der Waals surface area contributed by atoms with Gasteiger partial charge >= 0.3 is 0 Å². The zero-order chi connectivity index (χ0) is 13.6. The van der Waals surface area contributed by atoms with Crippen LogP contribution in [0.1, 0.15) is 44.0 Å². The molecule has 2 heteroatoms. The Labute approximate surface area is 111 Å². The molecule has 0 saturated heterocycles. The van der Waals surface area contributed by atoms with E-state index in [1.165, 1.54) is 11.1 Å². The van der Waals surface area contributed by atoms with Gasteiger partial charge in [0.05, 0.1) is 0 Å². The molecule has 1 aromatic rings. The third-order valence-electron chi connectivity index (χ3n) is 2.65. The topological polar surface area (TPSA) is 38.9 Å². The van der Waals surface area contributed by atoms with Crippen molar-refractivity contribution in [2.75, 3.05) is 0 Å². The first-order valence-corrected chi connectivity index (χ1v) is 6.47. The largest absolute Gasteiger partial charge is 0.325 e. The summed E-state index contributed by atoms with van der Waals surface area (Å²) in [6, 6.07) is 2.12. The van der Waals surface area contributed by atoms with E-state index in [1.54, 1.807) is 6.08 Å². The zero-order valence-electron chi connectivity index (χ0n) is 11.7. The van der Waals surface area contributed by atoms with Gasteiger partial charge in [0.2, 0.25) is 0 Å². The number of aromatic nitrogens is 1. The second-order valence-electron chi connectivity index (χ2n) is 5.35. The number of hydrogen-bond donors (Lipinski definition) is 1. The van der Waals surface area contributed by atoms with Crippen LogP contribution in [0.2, 0.25) is 0 Å². The Morgan fingerprint density at radius 3 is 2.78 bits per heavy atom. The van der Waals surface area contributed by atoms with E-state index in [9.17, 15) is 0 Å². The maximum atomic E-state index is 6.04.